The van der Waals surface area contributed by atoms with Crippen LogP contribution in [-0.4, -0.2) is 19.6 Å². The van der Waals surface area contributed by atoms with Gasteiger partial charge in [-0.3, -0.25) is 4.68 Å². The minimum Gasteiger partial charge on any atom is -0.487 e. The molecule has 126 valence electrons. The molecule has 2 heterocycles. The summed E-state index contributed by atoms with van der Waals surface area (Å²) in [5.74, 6) is 0.844. The van der Waals surface area contributed by atoms with E-state index in [2.05, 4.69) is 51.4 Å². The molecule has 0 saturated heterocycles. The van der Waals surface area contributed by atoms with Crippen molar-refractivity contribution in [2.45, 2.75) is 26.1 Å². The molecule has 2 aromatic carbocycles. The number of hydrogen-bond donors (Lipinski definition) is 0. The average Bonchev–Trinajstić information content (AvgIpc) is 3.28. The molecule has 4 rings (SSSR count). The van der Waals surface area contributed by atoms with Crippen molar-refractivity contribution in [1.82, 2.24) is 19.6 Å². The van der Waals surface area contributed by atoms with Gasteiger partial charge in [-0.2, -0.15) is 0 Å². The molecule has 0 amide bonds. The van der Waals surface area contributed by atoms with Gasteiger partial charge in [-0.25, -0.2) is 0 Å². The van der Waals surface area contributed by atoms with Crippen LogP contribution >= 0.6 is 0 Å². The van der Waals surface area contributed by atoms with E-state index in [4.69, 9.17) is 4.74 Å². The first-order valence-electron chi connectivity index (χ1n) is 8.49. The number of fused-ring (bicyclic) bond motifs is 1. The second kappa shape index (κ2) is 7.21. The third-order valence-corrected chi connectivity index (χ3v) is 4.18. The van der Waals surface area contributed by atoms with Crippen LogP contribution in [0.1, 0.15) is 12.1 Å². The van der Waals surface area contributed by atoms with Gasteiger partial charge < -0.3 is 9.30 Å². The molecule has 0 aliphatic heterocycles. The monoisotopic (exact) mass is 332 g/mol. The number of nitrogens with zero attached hydrogens (tertiary/aromatic N) is 4. The average molecular weight is 332 g/mol. The van der Waals surface area contributed by atoms with E-state index in [0.29, 0.717) is 6.61 Å². The molecule has 0 N–H and O–H groups in total. The molecule has 0 bridgehead atoms. The molecule has 0 spiro atoms. The predicted octanol–water partition coefficient (Wildman–Crippen LogP) is 3.90. The SMILES string of the molecule is c1ccc(OCc2cn(CCCn3ccc4ccccc43)nn2)cc1. The van der Waals surface area contributed by atoms with E-state index in [1.165, 1.54) is 10.9 Å². The molecule has 0 aliphatic carbocycles. The number of hydrogen-bond acceptors (Lipinski definition) is 3. The summed E-state index contributed by atoms with van der Waals surface area (Å²) in [6.45, 7) is 2.24. The fraction of sp³-hybridized carbons (Fsp3) is 0.200. The first-order chi connectivity index (χ1) is 12.4. The summed E-state index contributed by atoms with van der Waals surface area (Å²) in [5.41, 5.74) is 2.12. The van der Waals surface area contributed by atoms with E-state index in [0.717, 1.165) is 31.0 Å². The maximum Gasteiger partial charge on any atom is 0.134 e. The van der Waals surface area contributed by atoms with Crippen molar-refractivity contribution < 1.29 is 4.74 Å². The van der Waals surface area contributed by atoms with Gasteiger partial charge in [0.2, 0.25) is 0 Å². The molecule has 2 aromatic heterocycles. The van der Waals surface area contributed by atoms with Crippen molar-refractivity contribution in [3.63, 3.8) is 0 Å². The number of ether oxygens (including phenoxy) is 1. The third kappa shape index (κ3) is 3.71. The van der Waals surface area contributed by atoms with Crippen molar-refractivity contribution in [2.75, 3.05) is 0 Å². The van der Waals surface area contributed by atoms with Gasteiger partial charge in [0.05, 0.1) is 6.20 Å². The molecular weight excluding hydrogens is 312 g/mol. The summed E-state index contributed by atoms with van der Waals surface area (Å²) < 4.78 is 9.86. The Kier molecular flexibility index (Phi) is 4.46. The summed E-state index contributed by atoms with van der Waals surface area (Å²) in [6.07, 6.45) is 5.10. The van der Waals surface area contributed by atoms with Gasteiger partial charge in [0.25, 0.3) is 0 Å². The van der Waals surface area contributed by atoms with Crippen LogP contribution in [0.2, 0.25) is 0 Å². The molecule has 0 radical (unpaired) electrons. The number of aromatic nitrogens is 4. The second-order valence-corrected chi connectivity index (χ2v) is 6.00. The van der Waals surface area contributed by atoms with Crippen molar-refractivity contribution in [3.8, 4) is 5.75 Å². The second-order valence-electron chi connectivity index (χ2n) is 6.00. The van der Waals surface area contributed by atoms with Gasteiger partial charge in [-0.15, -0.1) is 5.10 Å². The number of rotatable bonds is 7. The van der Waals surface area contributed by atoms with E-state index < -0.39 is 0 Å². The summed E-state index contributed by atoms with van der Waals surface area (Å²) in [4.78, 5) is 0. The van der Waals surface area contributed by atoms with Crippen LogP contribution in [0.5, 0.6) is 5.75 Å². The zero-order valence-electron chi connectivity index (χ0n) is 14.0. The van der Waals surface area contributed by atoms with E-state index in [-0.39, 0.29) is 0 Å². The Morgan fingerprint density at radius 3 is 2.64 bits per heavy atom. The standard InChI is InChI=1S/C20H20N4O/c1-2-8-19(9-3-1)25-16-18-15-24(22-21-18)13-6-12-23-14-11-17-7-4-5-10-20(17)23/h1-5,7-11,14-15H,6,12-13,16H2. The molecule has 0 fully saturated rings. The molecule has 25 heavy (non-hydrogen) atoms. The highest BCUT2D eigenvalue weighted by molar-refractivity contribution is 5.79. The Morgan fingerprint density at radius 2 is 1.72 bits per heavy atom. The maximum atomic E-state index is 5.70. The number of para-hydroxylation sites is 2. The van der Waals surface area contributed by atoms with Crippen LogP contribution in [-0.2, 0) is 19.7 Å². The molecule has 4 aromatic rings. The lowest BCUT2D eigenvalue weighted by atomic mass is 10.2. The maximum absolute atomic E-state index is 5.70. The Morgan fingerprint density at radius 1 is 0.880 bits per heavy atom. The fourth-order valence-electron chi connectivity index (χ4n) is 2.93. The molecule has 5 heteroatoms. The van der Waals surface area contributed by atoms with Crippen molar-refractivity contribution in [2.24, 2.45) is 0 Å². The Hall–Kier alpha value is -3.08. The number of aryl methyl sites for hydroxylation is 2. The Labute approximate surface area is 146 Å². The Balaban J connectivity index is 1.29. The summed E-state index contributed by atoms with van der Waals surface area (Å²) in [7, 11) is 0. The van der Waals surface area contributed by atoms with Gasteiger partial charge in [0, 0.05) is 24.8 Å². The van der Waals surface area contributed by atoms with Gasteiger partial charge in [-0.05, 0) is 36.1 Å². The molecule has 5 nitrogen and oxygen atoms in total. The fourth-order valence-corrected chi connectivity index (χ4v) is 2.93. The normalized spacial score (nSPS) is 11.0. The molecule has 0 atom stereocenters. The summed E-state index contributed by atoms with van der Waals surface area (Å²) in [5, 5.41) is 9.65. The van der Waals surface area contributed by atoms with Crippen LogP contribution in [0.15, 0.2) is 73.1 Å². The molecular formula is C20H20N4O. The lowest BCUT2D eigenvalue weighted by molar-refractivity contribution is 0.301. The van der Waals surface area contributed by atoms with Crippen LogP contribution in [0.25, 0.3) is 10.9 Å². The van der Waals surface area contributed by atoms with E-state index in [1.807, 2.05) is 41.2 Å². The zero-order valence-corrected chi connectivity index (χ0v) is 14.0. The van der Waals surface area contributed by atoms with Crippen molar-refractivity contribution in [1.29, 1.82) is 0 Å². The molecule has 0 unspecified atom stereocenters. The zero-order chi connectivity index (χ0) is 16.9. The van der Waals surface area contributed by atoms with Crippen LogP contribution in [0.4, 0.5) is 0 Å². The largest absolute Gasteiger partial charge is 0.487 e. The summed E-state index contributed by atoms with van der Waals surface area (Å²) >= 11 is 0. The van der Waals surface area contributed by atoms with Gasteiger partial charge in [0.15, 0.2) is 0 Å². The van der Waals surface area contributed by atoms with E-state index >= 15 is 0 Å². The highest BCUT2D eigenvalue weighted by atomic mass is 16.5. The quantitative estimate of drug-likeness (QED) is 0.515. The smallest absolute Gasteiger partial charge is 0.134 e. The van der Waals surface area contributed by atoms with Crippen molar-refractivity contribution in [3.05, 3.63) is 78.8 Å². The van der Waals surface area contributed by atoms with Crippen molar-refractivity contribution >= 4 is 10.9 Å². The molecule has 0 saturated carbocycles. The highest BCUT2D eigenvalue weighted by Gasteiger charge is 2.03. The minimum atomic E-state index is 0.437. The number of benzene rings is 2. The van der Waals surface area contributed by atoms with Gasteiger partial charge in [-0.1, -0.05) is 41.6 Å². The Bertz CT molecular complexity index is 942. The topological polar surface area (TPSA) is 44.9 Å². The summed E-state index contributed by atoms with van der Waals surface area (Å²) in [6, 6.07) is 20.4. The highest BCUT2D eigenvalue weighted by Crippen LogP contribution is 2.15. The predicted molar refractivity (Wildman–Crippen MR) is 97.4 cm³/mol. The van der Waals surface area contributed by atoms with Crippen LogP contribution in [0.3, 0.4) is 0 Å². The lowest BCUT2D eigenvalue weighted by Crippen LogP contribution is -2.04. The first kappa shape index (κ1) is 15.4. The minimum absolute atomic E-state index is 0.437. The third-order valence-electron chi connectivity index (χ3n) is 4.18. The van der Waals surface area contributed by atoms with Crippen LogP contribution in [0, 0.1) is 0 Å². The van der Waals surface area contributed by atoms with E-state index in [1.54, 1.807) is 0 Å². The molecule has 0 aliphatic rings. The van der Waals surface area contributed by atoms with Gasteiger partial charge in [0.1, 0.15) is 18.1 Å². The first-order valence-corrected chi connectivity index (χ1v) is 8.49. The lowest BCUT2D eigenvalue weighted by Gasteiger charge is -2.05. The van der Waals surface area contributed by atoms with Crippen LogP contribution < -0.4 is 4.74 Å². The van der Waals surface area contributed by atoms with E-state index in [9.17, 15) is 0 Å². The van der Waals surface area contributed by atoms with Gasteiger partial charge >= 0.3 is 0 Å².